The molecule has 1 aliphatic heterocycles. The van der Waals surface area contributed by atoms with Crippen molar-refractivity contribution in [3.8, 4) is 11.3 Å². The third-order valence-electron chi connectivity index (χ3n) is 4.32. The Morgan fingerprint density at radius 3 is 2.96 bits per heavy atom. The lowest BCUT2D eigenvalue weighted by Crippen LogP contribution is -2.30. The number of amides is 1. The number of halogens is 1. The fourth-order valence-corrected chi connectivity index (χ4v) is 3.16. The quantitative estimate of drug-likeness (QED) is 0.797. The number of nitrogens with zero attached hydrogens (tertiary/aromatic N) is 2. The predicted molar refractivity (Wildman–Crippen MR) is 85.7 cm³/mol. The molecule has 1 saturated heterocycles. The third kappa shape index (κ3) is 2.50. The van der Waals surface area contributed by atoms with Gasteiger partial charge in [-0.3, -0.25) is 4.79 Å². The molecule has 5 nitrogen and oxygen atoms in total. The number of hydrogen-bond donors (Lipinski definition) is 1. The van der Waals surface area contributed by atoms with Gasteiger partial charge in [0.2, 0.25) is 0 Å². The van der Waals surface area contributed by atoms with Gasteiger partial charge in [0.1, 0.15) is 11.6 Å². The first kappa shape index (κ1) is 14.7. The van der Waals surface area contributed by atoms with Crippen LogP contribution in [0.15, 0.2) is 53.3 Å². The smallest absolute Gasteiger partial charge is 0.290 e. The molecule has 1 N–H and O–H groups in total. The van der Waals surface area contributed by atoms with E-state index < -0.39 is 0 Å². The minimum Gasteiger partial charge on any atom is -0.459 e. The molecule has 1 amide bonds. The van der Waals surface area contributed by atoms with Crippen LogP contribution in [0.25, 0.3) is 11.3 Å². The number of nitrogens with one attached hydrogen (secondary N) is 1. The topological polar surface area (TPSA) is 62.1 Å². The average Bonchev–Trinajstić information content (AvgIpc) is 3.34. The van der Waals surface area contributed by atoms with Crippen LogP contribution in [0.1, 0.15) is 35.3 Å². The van der Waals surface area contributed by atoms with Crippen molar-refractivity contribution in [1.82, 2.24) is 14.9 Å². The molecule has 1 aliphatic rings. The monoisotopic (exact) mass is 325 g/mol. The van der Waals surface area contributed by atoms with Crippen LogP contribution in [0, 0.1) is 5.82 Å². The van der Waals surface area contributed by atoms with Crippen molar-refractivity contribution in [3.05, 3.63) is 66.3 Å². The van der Waals surface area contributed by atoms with E-state index in [0.29, 0.717) is 29.4 Å². The zero-order chi connectivity index (χ0) is 16.5. The Kier molecular flexibility index (Phi) is 3.65. The summed E-state index contributed by atoms with van der Waals surface area (Å²) in [5.41, 5.74) is 1.08. The molecule has 1 aromatic carbocycles. The Bertz CT molecular complexity index is 857. The molecule has 0 spiro atoms. The van der Waals surface area contributed by atoms with E-state index in [1.165, 1.54) is 12.3 Å². The highest BCUT2D eigenvalue weighted by Crippen LogP contribution is 2.33. The number of imidazole rings is 1. The molecule has 122 valence electrons. The van der Waals surface area contributed by atoms with Gasteiger partial charge in [-0.25, -0.2) is 9.37 Å². The van der Waals surface area contributed by atoms with Crippen LogP contribution in [0.5, 0.6) is 0 Å². The van der Waals surface area contributed by atoms with Gasteiger partial charge < -0.3 is 14.3 Å². The first-order valence-corrected chi connectivity index (χ1v) is 7.88. The summed E-state index contributed by atoms with van der Waals surface area (Å²) in [5, 5.41) is 0. The second-order valence-corrected chi connectivity index (χ2v) is 5.80. The van der Waals surface area contributed by atoms with Crippen molar-refractivity contribution in [2.45, 2.75) is 18.9 Å². The Balaban J connectivity index is 1.62. The standard InChI is InChI=1S/C18H16FN3O2/c19-13-6-2-1-5-12(13)14-11-20-17(21-14)15-7-3-9-22(15)18(23)16-8-4-10-24-16/h1-2,4-6,8,10-11,15H,3,7,9H2,(H,20,21). The van der Waals surface area contributed by atoms with Crippen LogP contribution in [0.4, 0.5) is 4.39 Å². The van der Waals surface area contributed by atoms with Gasteiger partial charge in [0.15, 0.2) is 5.76 Å². The normalized spacial score (nSPS) is 17.4. The van der Waals surface area contributed by atoms with Crippen molar-refractivity contribution in [2.24, 2.45) is 0 Å². The molecular formula is C18H16FN3O2. The molecule has 3 heterocycles. The highest BCUT2D eigenvalue weighted by molar-refractivity contribution is 5.91. The van der Waals surface area contributed by atoms with Gasteiger partial charge in [0.05, 0.1) is 24.2 Å². The summed E-state index contributed by atoms with van der Waals surface area (Å²) in [5.74, 6) is 0.544. The van der Waals surface area contributed by atoms with Crippen molar-refractivity contribution >= 4 is 5.91 Å². The molecular weight excluding hydrogens is 309 g/mol. The lowest BCUT2D eigenvalue weighted by Gasteiger charge is -2.22. The van der Waals surface area contributed by atoms with Gasteiger partial charge in [-0.15, -0.1) is 0 Å². The maximum Gasteiger partial charge on any atom is 0.290 e. The van der Waals surface area contributed by atoms with Crippen LogP contribution in [0.2, 0.25) is 0 Å². The summed E-state index contributed by atoms with van der Waals surface area (Å²) in [7, 11) is 0. The van der Waals surface area contributed by atoms with E-state index in [1.54, 1.807) is 41.4 Å². The van der Waals surface area contributed by atoms with Crippen LogP contribution in [-0.4, -0.2) is 27.3 Å². The molecule has 1 atom stereocenters. The highest BCUT2D eigenvalue weighted by atomic mass is 19.1. The van der Waals surface area contributed by atoms with E-state index in [4.69, 9.17) is 4.42 Å². The number of H-pyrrole nitrogens is 1. The largest absolute Gasteiger partial charge is 0.459 e. The van der Waals surface area contributed by atoms with Crippen molar-refractivity contribution in [1.29, 1.82) is 0 Å². The van der Waals surface area contributed by atoms with Gasteiger partial charge in [0, 0.05) is 12.1 Å². The minimum absolute atomic E-state index is 0.147. The Hall–Kier alpha value is -2.89. The second-order valence-electron chi connectivity index (χ2n) is 5.80. The van der Waals surface area contributed by atoms with E-state index in [0.717, 1.165) is 12.8 Å². The molecule has 3 aromatic rings. The van der Waals surface area contributed by atoms with Crippen molar-refractivity contribution in [3.63, 3.8) is 0 Å². The van der Waals surface area contributed by atoms with Crippen LogP contribution in [0.3, 0.4) is 0 Å². The van der Waals surface area contributed by atoms with E-state index in [2.05, 4.69) is 9.97 Å². The van der Waals surface area contributed by atoms with E-state index in [1.807, 2.05) is 0 Å². The molecule has 0 radical (unpaired) electrons. The molecule has 24 heavy (non-hydrogen) atoms. The summed E-state index contributed by atoms with van der Waals surface area (Å²) in [6, 6.07) is 9.75. The Morgan fingerprint density at radius 2 is 2.17 bits per heavy atom. The van der Waals surface area contributed by atoms with Crippen molar-refractivity contribution in [2.75, 3.05) is 6.54 Å². The fraction of sp³-hybridized carbons (Fsp3) is 0.222. The maximum absolute atomic E-state index is 13.9. The lowest BCUT2D eigenvalue weighted by molar-refractivity contribution is 0.0698. The van der Waals surface area contributed by atoms with Gasteiger partial charge >= 0.3 is 0 Å². The number of aromatic nitrogens is 2. The van der Waals surface area contributed by atoms with Crippen LogP contribution in [-0.2, 0) is 0 Å². The van der Waals surface area contributed by atoms with Gasteiger partial charge in [-0.2, -0.15) is 0 Å². The summed E-state index contributed by atoms with van der Waals surface area (Å²) >= 11 is 0. The van der Waals surface area contributed by atoms with Gasteiger partial charge in [-0.1, -0.05) is 12.1 Å². The van der Waals surface area contributed by atoms with Gasteiger partial charge in [-0.05, 0) is 37.1 Å². The molecule has 0 aliphatic carbocycles. The molecule has 1 fully saturated rings. The second kappa shape index (κ2) is 5.96. The summed E-state index contributed by atoms with van der Waals surface area (Å²) < 4.78 is 19.1. The van der Waals surface area contributed by atoms with Crippen LogP contribution >= 0.6 is 0 Å². The summed E-state index contributed by atoms with van der Waals surface area (Å²) in [6.45, 7) is 0.653. The number of rotatable bonds is 3. The molecule has 0 saturated carbocycles. The number of carbonyl (C=O) groups is 1. The molecule has 4 rings (SSSR count). The number of likely N-dealkylation sites (tertiary alicyclic amines) is 1. The van der Waals surface area contributed by atoms with Crippen LogP contribution < -0.4 is 0 Å². The Labute approximate surface area is 138 Å². The lowest BCUT2D eigenvalue weighted by atomic mass is 10.1. The van der Waals surface area contributed by atoms with E-state index in [-0.39, 0.29) is 17.8 Å². The number of benzene rings is 1. The molecule has 2 aromatic heterocycles. The zero-order valence-electron chi connectivity index (χ0n) is 12.9. The van der Waals surface area contributed by atoms with Crippen molar-refractivity contribution < 1.29 is 13.6 Å². The summed E-state index contributed by atoms with van der Waals surface area (Å²) in [4.78, 5) is 21.9. The maximum atomic E-state index is 13.9. The Morgan fingerprint density at radius 1 is 1.29 bits per heavy atom. The minimum atomic E-state index is -0.303. The average molecular weight is 325 g/mol. The van der Waals surface area contributed by atoms with E-state index in [9.17, 15) is 9.18 Å². The number of carbonyl (C=O) groups excluding carboxylic acids is 1. The summed E-state index contributed by atoms with van der Waals surface area (Å²) in [6.07, 6.45) is 4.81. The SMILES string of the molecule is O=C(c1ccco1)N1CCCC1c1ncc(-c2ccccc2F)[nH]1. The first-order chi connectivity index (χ1) is 11.7. The number of aromatic amines is 1. The third-order valence-corrected chi connectivity index (χ3v) is 4.32. The molecule has 0 bridgehead atoms. The number of hydrogen-bond acceptors (Lipinski definition) is 3. The zero-order valence-corrected chi connectivity index (χ0v) is 12.9. The highest BCUT2D eigenvalue weighted by Gasteiger charge is 2.33. The molecule has 1 unspecified atom stereocenters. The molecule has 6 heteroatoms. The van der Waals surface area contributed by atoms with E-state index >= 15 is 0 Å². The first-order valence-electron chi connectivity index (χ1n) is 7.88. The number of furan rings is 1. The van der Waals surface area contributed by atoms with Gasteiger partial charge in [0.25, 0.3) is 5.91 Å². The fourth-order valence-electron chi connectivity index (χ4n) is 3.16. The predicted octanol–water partition coefficient (Wildman–Crippen LogP) is 3.79.